The van der Waals surface area contributed by atoms with Gasteiger partial charge < -0.3 is 4.90 Å². The molecule has 1 heterocycles. The molecule has 0 fully saturated rings. The van der Waals surface area contributed by atoms with E-state index in [2.05, 4.69) is 5.10 Å². The average Bonchev–Trinajstić information content (AvgIpc) is 2.67. The number of H-pyrrole nitrogens is 1. The fraction of sp³-hybridized carbons (Fsp3) is 0.231. The van der Waals surface area contributed by atoms with Gasteiger partial charge in [-0.15, -0.1) is 0 Å². The van der Waals surface area contributed by atoms with Gasteiger partial charge in [-0.05, 0) is 19.1 Å². The van der Waals surface area contributed by atoms with Crippen molar-refractivity contribution in [3.63, 3.8) is 0 Å². The Balaban J connectivity index is 2.62. The molecule has 5 nitrogen and oxygen atoms in total. The topological polar surface area (TPSA) is 58.1 Å². The maximum atomic E-state index is 12.1. The molecule has 1 aromatic heterocycles. The molecule has 0 unspecified atom stereocenters. The second-order valence-corrected chi connectivity index (χ2v) is 4.36. The highest BCUT2D eigenvalue weighted by Gasteiger charge is 2.15. The number of anilines is 1. The Morgan fingerprint density at radius 3 is 2.28 bits per heavy atom. The lowest BCUT2D eigenvalue weighted by molar-refractivity contribution is 0.112. The first kappa shape index (κ1) is 12.2. The molecule has 0 saturated carbocycles. The van der Waals surface area contributed by atoms with E-state index in [1.165, 1.54) is 4.68 Å². The molecule has 0 saturated heterocycles. The van der Waals surface area contributed by atoms with Gasteiger partial charge in [-0.3, -0.25) is 14.7 Å². The number of carbonyl (C=O) groups excluding carboxylic acids is 1. The van der Waals surface area contributed by atoms with E-state index in [0.717, 1.165) is 5.56 Å². The fourth-order valence-electron chi connectivity index (χ4n) is 1.76. The van der Waals surface area contributed by atoms with Crippen LogP contribution < -0.4 is 10.5 Å². The molecule has 0 aliphatic heterocycles. The first-order valence-corrected chi connectivity index (χ1v) is 5.59. The molecular weight excluding hydrogens is 230 g/mol. The summed E-state index contributed by atoms with van der Waals surface area (Å²) in [7, 11) is 3.55. The lowest BCUT2D eigenvalue weighted by Gasteiger charge is -2.09. The van der Waals surface area contributed by atoms with Gasteiger partial charge in [0.15, 0.2) is 6.29 Å². The maximum absolute atomic E-state index is 12.1. The number of hydrogen-bond donors (Lipinski definition) is 1. The molecule has 0 bridgehead atoms. The van der Waals surface area contributed by atoms with Crippen molar-refractivity contribution < 1.29 is 4.79 Å². The molecule has 0 amide bonds. The van der Waals surface area contributed by atoms with Crippen LogP contribution in [-0.4, -0.2) is 30.2 Å². The Labute approximate surface area is 105 Å². The van der Waals surface area contributed by atoms with Crippen molar-refractivity contribution in [1.29, 1.82) is 0 Å². The molecule has 18 heavy (non-hydrogen) atoms. The summed E-state index contributed by atoms with van der Waals surface area (Å²) in [6.07, 6.45) is 0.582. The van der Waals surface area contributed by atoms with Gasteiger partial charge >= 0.3 is 0 Å². The second kappa shape index (κ2) is 4.52. The summed E-state index contributed by atoms with van der Waals surface area (Å²) in [5.74, 6) is 0.510. The van der Waals surface area contributed by atoms with Gasteiger partial charge in [0.2, 0.25) is 0 Å². The Morgan fingerprint density at radius 2 is 1.83 bits per heavy atom. The van der Waals surface area contributed by atoms with Crippen molar-refractivity contribution in [3.8, 4) is 5.69 Å². The molecule has 5 heteroatoms. The van der Waals surface area contributed by atoms with E-state index in [4.69, 9.17) is 0 Å². The van der Waals surface area contributed by atoms with Crippen LogP contribution in [0.2, 0.25) is 0 Å². The SMILES string of the molecule is Cc1ccc(-n2[nH]c(N(C)C)c(C=O)c2=O)cc1. The number of aryl methyl sites for hydroxylation is 1. The summed E-state index contributed by atoms with van der Waals surface area (Å²) in [5, 5.41) is 2.94. The van der Waals surface area contributed by atoms with Gasteiger partial charge in [0.25, 0.3) is 5.56 Å². The average molecular weight is 245 g/mol. The van der Waals surface area contributed by atoms with E-state index in [-0.39, 0.29) is 11.1 Å². The summed E-state index contributed by atoms with van der Waals surface area (Å²) >= 11 is 0. The number of aromatic amines is 1. The molecule has 2 rings (SSSR count). The van der Waals surface area contributed by atoms with E-state index < -0.39 is 0 Å². The highest BCUT2D eigenvalue weighted by molar-refractivity contribution is 5.82. The van der Waals surface area contributed by atoms with Crippen LogP contribution in [0, 0.1) is 6.92 Å². The number of aldehydes is 1. The third-order valence-corrected chi connectivity index (χ3v) is 2.76. The van der Waals surface area contributed by atoms with Gasteiger partial charge in [-0.25, -0.2) is 4.68 Å². The zero-order chi connectivity index (χ0) is 13.3. The standard InChI is InChI=1S/C13H15N3O2/c1-9-4-6-10(7-5-9)16-13(18)11(8-17)12(14-16)15(2)3/h4-8,14H,1-3H3. The highest BCUT2D eigenvalue weighted by atomic mass is 16.1. The van der Waals surface area contributed by atoms with Crippen molar-refractivity contribution in [2.75, 3.05) is 19.0 Å². The molecule has 0 atom stereocenters. The van der Waals surface area contributed by atoms with E-state index in [0.29, 0.717) is 17.8 Å². The number of aromatic nitrogens is 2. The zero-order valence-corrected chi connectivity index (χ0v) is 10.6. The zero-order valence-electron chi connectivity index (χ0n) is 10.6. The third kappa shape index (κ3) is 1.95. The van der Waals surface area contributed by atoms with E-state index in [1.54, 1.807) is 19.0 Å². The van der Waals surface area contributed by atoms with Crippen molar-refractivity contribution in [3.05, 3.63) is 45.7 Å². The molecule has 0 spiro atoms. The minimum absolute atomic E-state index is 0.139. The number of carbonyl (C=O) groups is 1. The van der Waals surface area contributed by atoms with Crippen LogP contribution in [0.3, 0.4) is 0 Å². The second-order valence-electron chi connectivity index (χ2n) is 4.36. The van der Waals surface area contributed by atoms with Gasteiger partial charge in [0, 0.05) is 14.1 Å². The summed E-state index contributed by atoms with van der Waals surface area (Å²) in [4.78, 5) is 24.8. The molecule has 2 aromatic rings. The quantitative estimate of drug-likeness (QED) is 0.830. The van der Waals surface area contributed by atoms with Crippen LogP contribution in [-0.2, 0) is 0 Å². The predicted molar refractivity (Wildman–Crippen MR) is 70.8 cm³/mol. The van der Waals surface area contributed by atoms with E-state index in [1.807, 2.05) is 31.2 Å². The number of hydrogen-bond acceptors (Lipinski definition) is 3. The van der Waals surface area contributed by atoms with Crippen LogP contribution in [0.15, 0.2) is 29.1 Å². The van der Waals surface area contributed by atoms with Crippen molar-refractivity contribution >= 4 is 12.1 Å². The largest absolute Gasteiger partial charge is 0.362 e. The van der Waals surface area contributed by atoms with Gasteiger partial charge in [0.1, 0.15) is 11.4 Å². The maximum Gasteiger partial charge on any atom is 0.284 e. The Hall–Kier alpha value is -2.30. The van der Waals surface area contributed by atoms with Crippen molar-refractivity contribution in [1.82, 2.24) is 9.78 Å². The first-order chi connectivity index (χ1) is 8.54. The molecule has 0 aliphatic carbocycles. The lowest BCUT2D eigenvalue weighted by atomic mass is 10.2. The van der Waals surface area contributed by atoms with Crippen LogP contribution in [0.4, 0.5) is 5.82 Å². The van der Waals surface area contributed by atoms with Crippen LogP contribution >= 0.6 is 0 Å². The fourth-order valence-corrected chi connectivity index (χ4v) is 1.76. The lowest BCUT2D eigenvalue weighted by Crippen LogP contribution is -2.17. The van der Waals surface area contributed by atoms with Gasteiger partial charge in [0.05, 0.1) is 5.69 Å². The summed E-state index contributed by atoms with van der Waals surface area (Å²) in [6, 6.07) is 7.50. The van der Waals surface area contributed by atoms with Crippen molar-refractivity contribution in [2.24, 2.45) is 0 Å². The Kier molecular flexibility index (Phi) is 3.06. The minimum atomic E-state index is -0.336. The molecule has 0 aliphatic rings. The molecule has 1 aromatic carbocycles. The monoisotopic (exact) mass is 245 g/mol. The number of nitrogens with zero attached hydrogens (tertiary/aromatic N) is 2. The van der Waals surface area contributed by atoms with Gasteiger partial charge in [-0.2, -0.15) is 0 Å². The van der Waals surface area contributed by atoms with Crippen LogP contribution in [0.25, 0.3) is 5.69 Å². The van der Waals surface area contributed by atoms with E-state index in [9.17, 15) is 9.59 Å². The summed E-state index contributed by atoms with van der Waals surface area (Å²) in [6.45, 7) is 1.98. The molecule has 94 valence electrons. The van der Waals surface area contributed by atoms with Crippen LogP contribution in [0.5, 0.6) is 0 Å². The highest BCUT2D eigenvalue weighted by Crippen LogP contribution is 2.13. The van der Waals surface area contributed by atoms with Gasteiger partial charge in [-0.1, -0.05) is 17.7 Å². The third-order valence-electron chi connectivity index (χ3n) is 2.76. The summed E-state index contributed by atoms with van der Waals surface area (Å²) in [5.41, 5.74) is 1.63. The smallest absolute Gasteiger partial charge is 0.284 e. The summed E-state index contributed by atoms with van der Waals surface area (Å²) < 4.78 is 1.37. The molecule has 0 radical (unpaired) electrons. The number of nitrogens with one attached hydrogen (secondary N) is 1. The normalized spacial score (nSPS) is 10.4. The molecular formula is C13H15N3O2. The van der Waals surface area contributed by atoms with Crippen LogP contribution in [0.1, 0.15) is 15.9 Å². The Bertz CT molecular complexity index is 621. The Morgan fingerprint density at radius 1 is 1.22 bits per heavy atom. The number of benzene rings is 1. The first-order valence-electron chi connectivity index (χ1n) is 5.59. The molecule has 1 N–H and O–H groups in total. The number of rotatable bonds is 3. The van der Waals surface area contributed by atoms with Crippen molar-refractivity contribution in [2.45, 2.75) is 6.92 Å². The predicted octanol–water partition coefficient (Wildman–Crippen LogP) is 1.35. The van der Waals surface area contributed by atoms with E-state index >= 15 is 0 Å². The minimum Gasteiger partial charge on any atom is -0.362 e.